The quantitative estimate of drug-likeness (QED) is 0.640. The van der Waals surface area contributed by atoms with E-state index >= 15 is 0 Å². The van der Waals surface area contributed by atoms with Crippen LogP contribution in [0.2, 0.25) is 5.15 Å². The fourth-order valence-corrected chi connectivity index (χ4v) is 1.89. The third-order valence-corrected chi connectivity index (χ3v) is 2.85. The number of hydrogen-bond acceptors (Lipinski definition) is 6. The molecule has 0 bridgehead atoms. The van der Waals surface area contributed by atoms with Crippen molar-refractivity contribution in [1.82, 2.24) is 9.97 Å². The van der Waals surface area contributed by atoms with Gasteiger partial charge in [0.05, 0.1) is 36.7 Å². The fourth-order valence-electron chi connectivity index (χ4n) is 1.68. The van der Waals surface area contributed by atoms with E-state index in [1.165, 1.54) is 44.7 Å². The van der Waals surface area contributed by atoms with E-state index in [2.05, 4.69) is 19.4 Å². The summed E-state index contributed by atoms with van der Waals surface area (Å²) in [5.74, 6) is -1.03. The smallest absolute Gasteiger partial charge is 0.338 e. The van der Waals surface area contributed by atoms with Crippen molar-refractivity contribution >= 4 is 23.5 Å². The van der Waals surface area contributed by atoms with Crippen molar-refractivity contribution in [2.45, 2.75) is 0 Å². The van der Waals surface area contributed by atoms with E-state index in [0.717, 1.165) is 0 Å². The highest BCUT2D eigenvalue weighted by Crippen LogP contribution is 2.21. The van der Waals surface area contributed by atoms with Crippen molar-refractivity contribution in [3.63, 3.8) is 0 Å². The van der Waals surface area contributed by atoms with Gasteiger partial charge in [0, 0.05) is 6.20 Å². The highest BCUT2D eigenvalue weighted by atomic mass is 35.5. The lowest BCUT2D eigenvalue weighted by atomic mass is 10.1. The molecule has 0 saturated heterocycles. The first-order valence-corrected chi connectivity index (χ1v) is 6.23. The van der Waals surface area contributed by atoms with Gasteiger partial charge in [-0.3, -0.25) is 4.98 Å². The first-order valence-electron chi connectivity index (χ1n) is 5.86. The van der Waals surface area contributed by atoms with Crippen LogP contribution in [-0.4, -0.2) is 36.1 Å². The predicted molar refractivity (Wildman–Crippen MR) is 75.2 cm³/mol. The Morgan fingerprint density at radius 3 is 2.29 bits per heavy atom. The Morgan fingerprint density at radius 1 is 1.00 bits per heavy atom. The lowest BCUT2D eigenvalue weighted by Gasteiger charge is -2.06. The van der Waals surface area contributed by atoms with E-state index in [-0.39, 0.29) is 10.7 Å². The number of hydrogen-bond donors (Lipinski definition) is 0. The van der Waals surface area contributed by atoms with Crippen LogP contribution in [0.4, 0.5) is 0 Å². The largest absolute Gasteiger partial charge is 0.465 e. The Morgan fingerprint density at radius 2 is 1.62 bits per heavy atom. The second-order valence-corrected chi connectivity index (χ2v) is 4.36. The number of carbonyl (C=O) groups is 2. The Labute approximate surface area is 125 Å². The molecule has 0 unspecified atom stereocenters. The molecule has 0 N–H and O–H groups in total. The van der Waals surface area contributed by atoms with Gasteiger partial charge in [-0.05, 0) is 24.3 Å². The van der Waals surface area contributed by atoms with Gasteiger partial charge in [-0.2, -0.15) is 0 Å². The molecule has 21 heavy (non-hydrogen) atoms. The summed E-state index contributed by atoms with van der Waals surface area (Å²) >= 11 is 5.89. The second kappa shape index (κ2) is 6.32. The first kappa shape index (κ1) is 14.9. The van der Waals surface area contributed by atoms with E-state index in [0.29, 0.717) is 17.0 Å². The van der Waals surface area contributed by atoms with Crippen LogP contribution in [0.1, 0.15) is 20.7 Å². The minimum atomic E-state index is -0.537. The van der Waals surface area contributed by atoms with Crippen LogP contribution in [-0.2, 0) is 9.47 Å². The molecule has 0 aliphatic carbocycles. The number of rotatable bonds is 3. The summed E-state index contributed by atoms with van der Waals surface area (Å²) in [6, 6.07) is 5.90. The highest BCUT2D eigenvalue weighted by Gasteiger charge is 2.13. The van der Waals surface area contributed by atoms with Gasteiger partial charge in [0.1, 0.15) is 5.15 Å². The SMILES string of the molecule is COC(=O)c1ccnc(-c2cc(C(=O)OC)cc(Cl)n2)c1. The molecule has 6 nitrogen and oxygen atoms in total. The summed E-state index contributed by atoms with van der Waals surface area (Å²) in [5.41, 5.74) is 1.32. The summed E-state index contributed by atoms with van der Waals surface area (Å²) < 4.78 is 9.28. The maximum atomic E-state index is 11.6. The molecule has 108 valence electrons. The fraction of sp³-hybridized carbons (Fsp3) is 0.143. The molecule has 7 heteroatoms. The van der Waals surface area contributed by atoms with Crippen LogP contribution in [0.25, 0.3) is 11.4 Å². The molecule has 0 fully saturated rings. The average Bonchev–Trinajstić information content (AvgIpc) is 2.52. The lowest BCUT2D eigenvalue weighted by molar-refractivity contribution is 0.0591. The number of carbonyl (C=O) groups excluding carboxylic acids is 2. The van der Waals surface area contributed by atoms with Crippen molar-refractivity contribution < 1.29 is 19.1 Å². The maximum absolute atomic E-state index is 11.6. The Balaban J connectivity index is 2.49. The Kier molecular flexibility index (Phi) is 4.49. The van der Waals surface area contributed by atoms with Gasteiger partial charge in [-0.25, -0.2) is 14.6 Å². The highest BCUT2D eigenvalue weighted by molar-refractivity contribution is 6.29. The maximum Gasteiger partial charge on any atom is 0.338 e. The van der Waals surface area contributed by atoms with Gasteiger partial charge in [0.15, 0.2) is 0 Å². The van der Waals surface area contributed by atoms with Crippen LogP contribution in [0.15, 0.2) is 30.5 Å². The van der Waals surface area contributed by atoms with E-state index in [9.17, 15) is 9.59 Å². The van der Waals surface area contributed by atoms with Gasteiger partial charge >= 0.3 is 11.9 Å². The van der Waals surface area contributed by atoms with Crippen LogP contribution in [0, 0.1) is 0 Å². The number of pyridine rings is 2. The first-order chi connectivity index (χ1) is 10.0. The van der Waals surface area contributed by atoms with Crippen molar-refractivity contribution in [2.75, 3.05) is 14.2 Å². The monoisotopic (exact) mass is 306 g/mol. The molecule has 0 aliphatic heterocycles. The van der Waals surface area contributed by atoms with Gasteiger partial charge in [0.2, 0.25) is 0 Å². The zero-order valence-corrected chi connectivity index (χ0v) is 12.0. The zero-order chi connectivity index (χ0) is 15.4. The molecular weight excluding hydrogens is 296 g/mol. The number of ether oxygens (including phenoxy) is 2. The zero-order valence-electron chi connectivity index (χ0n) is 11.3. The minimum absolute atomic E-state index is 0.123. The molecular formula is C14H11ClN2O4. The van der Waals surface area contributed by atoms with Gasteiger partial charge in [-0.15, -0.1) is 0 Å². The molecule has 2 rings (SSSR count). The van der Waals surface area contributed by atoms with E-state index in [4.69, 9.17) is 11.6 Å². The number of methoxy groups -OCH3 is 2. The Bertz CT molecular complexity index is 703. The average molecular weight is 307 g/mol. The lowest BCUT2D eigenvalue weighted by Crippen LogP contribution is -2.04. The van der Waals surface area contributed by atoms with E-state index in [1.54, 1.807) is 0 Å². The van der Waals surface area contributed by atoms with Gasteiger partial charge in [0.25, 0.3) is 0 Å². The molecule has 0 saturated carbocycles. The number of aromatic nitrogens is 2. The summed E-state index contributed by atoms with van der Waals surface area (Å²) in [6.07, 6.45) is 1.45. The van der Waals surface area contributed by atoms with Crippen LogP contribution >= 0.6 is 11.6 Å². The van der Waals surface area contributed by atoms with E-state index in [1.807, 2.05) is 0 Å². The van der Waals surface area contributed by atoms with Crippen molar-refractivity contribution in [2.24, 2.45) is 0 Å². The minimum Gasteiger partial charge on any atom is -0.465 e. The molecule has 0 aliphatic rings. The topological polar surface area (TPSA) is 78.4 Å². The summed E-state index contributed by atoms with van der Waals surface area (Å²) in [7, 11) is 2.56. The summed E-state index contributed by atoms with van der Waals surface area (Å²) in [6.45, 7) is 0. The Hall–Kier alpha value is -2.47. The molecule has 2 heterocycles. The molecule has 0 spiro atoms. The molecule has 0 aromatic carbocycles. The third-order valence-electron chi connectivity index (χ3n) is 2.66. The molecule has 2 aromatic heterocycles. The number of esters is 2. The summed E-state index contributed by atoms with van der Waals surface area (Å²) in [4.78, 5) is 31.3. The standard InChI is InChI=1S/C14H11ClN2O4/c1-20-13(18)8-3-4-16-10(5-8)11-6-9(14(19)21-2)7-12(15)17-11/h3-7H,1-2H3. The van der Waals surface area contributed by atoms with E-state index < -0.39 is 11.9 Å². The van der Waals surface area contributed by atoms with Gasteiger partial charge in [-0.1, -0.05) is 11.6 Å². The second-order valence-electron chi connectivity index (χ2n) is 3.98. The summed E-state index contributed by atoms with van der Waals surface area (Å²) in [5, 5.41) is 0.123. The predicted octanol–water partition coefficient (Wildman–Crippen LogP) is 2.37. The van der Waals surface area contributed by atoms with Crippen molar-refractivity contribution in [3.05, 3.63) is 46.7 Å². The third kappa shape index (κ3) is 3.35. The molecule has 0 atom stereocenters. The van der Waals surface area contributed by atoms with Gasteiger partial charge < -0.3 is 9.47 Å². The number of halogens is 1. The number of nitrogens with zero attached hydrogens (tertiary/aromatic N) is 2. The molecule has 0 amide bonds. The van der Waals surface area contributed by atoms with Crippen LogP contribution in [0.3, 0.4) is 0 Å². The van der Waals surface area contributed by atoms with Crippen molar-refractivity contribution in [1.29, 1.82) is 0 Å². The van der Waals surface area contributed by atoms with Crippen LogP contribution in [0.5, 0.6) is 0 Å². The van der Waals surface area contributed by atoms with Crippen molar-refractivity contribution in [3.8, 4) is 11.4 Å². The van der Waals surface area contributed by atoms with Crippen LogP contribution < -0.4 is 0 Å². The normalized spacial score (nSPS) is 10.0. The molecule has 2 aromatic rings. The molecule has 0 radical (unpaired) electrons.